The van der Waals surface area contributed by atoms with Crippen molar-refractivity contribution < 1.29 is 8.78 Å². The Labute approximate surface area is 121 Å². The number of nitrogens with zero attached hydrogens (tertiary/aromatic N) is 4. The van der Waals surface area contributed by atoms with E-state index < -0.39 is 11.6 Å². The molecule has 0 unspecified atom stereocenters. The number of aryl methyl sites for hydroxylation is 1. The van der Waals surface area contributed by atoms with Crippen molar-refractivity contribution in [2.75, 3.05) is 23.7 Å². The van der Waals surface area contributed by atoms with Crippen LogP contribution in [0.3, 0.4) is 0 Å². The molecule has 8 heteroatoms. The number of aromatic nitrogens is 4. The Hall–Kier alpha value is -2.25. The van der Waals surface area contributed by atoms with Crippen LogP contribution in [0, 0.1) is 11.6 Å². The highest BCUT2D eigenvalue weighted by atomic mass is 19.1. The monoisotopic (exact) mass is 296 g/mol. The molecule has 0 aliphatic heterocycles. The maximum absolute atomic E-state index is 13.7. The Balaban J connectivity index is 2.00. The highest BCUT2D eigenvalue weighted by Crippen LogP contribution is 2.18. The lowest BCUT2D eigenvalue weighted by Gasteiger charge is -2.10. The zero-order valence-corrected chi connectivity index (χ0v) is 12.0. The molecule has 0 atom stereocenters. The van der Waals surface area contributed by atoms with Crippen molar-refractivity contribution in [1.82, 2.24) is 19.7 Å². The first-order chi connectivity index (χ1) is 10.1. The molecule has 21 heavy (non-hydrogen) atoms. The smallest absolute Gasteiger partial charge is 0.168 e. The third-order valence-electron chi connectivity index (χ3n) is 2.92. The summed E-state index contributed by atoms with van der Waals surface area (Å²) in [6, 6.07) is 0.829. The summed E-state index contributed by atoms with van der Waals surface area (Å²) in [5.41, 5.74) is 0. The first kappa shape index (κ1) is 15.1. The number of hydrogen-bond acceptors (Lipinski definition) is 5. The molecule has 0 radical (unpaired) electrons. The Morgan fingerprint density at radius 1 is 1.14 bits per heavy atom. The minimum atomic E-state index is -0.715. The second-order valence-electron chi connectivity index (χ2n) is 4.61. The molecule has 0 aliphatic rings. The van der Waals surface area contributed by atoms with E-state index in [1.165, 1.54) is 0 Å². The molecule has 6 nitrogen and oxygen atoms in total. The Morgan fingerprint density at radius 2 is 1.81 bits per heavy atom. The highest BCUT2D eigenvalue weighted by Gasteiger charge is 2.11. The molecule has 0 spiro atoms. The molecule has 2 heterocycles. The molecule has 2 rings (SSSR count). The molecule has 2 N–H and O–H groups in total. The van der Waals surface area contributed by atoms with E-state index >= 15 is 0 Å². The van der Waals surface area contributed by atoms with E-state index in [1.807, 2.05) is 14.0 Å². The summed E-state index contributed by atoms with van der Waals surface area (Å²) in [6.07, 6.45) is 2.99. The van der Waals surface area contributed by atoms with Gasteiger partial charge in [-0.3, -0.25) is 0 Å². The Morgan fingerprint density at radius 3 is 2.38 bits per heavy atom. The van der Waals surface area contributed by atoms with Gasteiger partial charge in [-0.2, -0.15) is 0 Å². The number of halogens is 2. The molecule has 114 valence electrons. The van der Waals surface area contributed by atoms with Gasteiger partial charge in [0.25, 0.3) is 0 Å². The third-order valence-corrected chi connectivity index (χ3v) is 2.92. The standard InChI is InChI=1S/C13H18F2N6/c1-3-5-16-12-9(14)7-10(15)13(19-12)17-6-4-11-20-18-8-21(11)2/h7-8H,3-6H2,1-2H3,(H2,16,17,19). The van der Waals surface area contributed by atoms with Gasteiger partial charge in [0.05, 0.1) is 0 Å². The van der Waals surface area contributed by atoms with Gasteiger partial charge in [-0.05, 0) is 6.42 Å². The maximum atomic E-state index is 13.7. The molecule has 2 aromatic rings. The Bertz CT molecular complexity index is 598. The third kappa shape index (κ3) is 3.87. The summed E-state index contributed by atoms with van der Waals surface area (Å²) in [5, 5.41) is 13.4. The normalized spacial score (nSPS) is 10.7. The molecule has 0 aliphatic carbocycles. The second kappa shape index (κ2) is 6.96. The lowest BCUT2D eigenvalue weighted by atomic mass is 10.3. The molecule has 2 aromatic heterocycles. The summed E-state index contributed by atoms with van der Waals surface area (Å²) < 4.78 is 29.0. The fourth-order valence-corrected chi connectivity index (χ4v) is 1.78. The molecule has 0 bridgehead atoms. The summed E-state index contributed by atoms with van der Waals surface area (Å²) >= 11 is 0. The molecule has 0 saturated carbocycles. The van der Waals surface area contributed by atoms with Crippen LogP contribution in [-0.2, 0) is 13.5 Å². The van der Waals surface area contributed by atoms with Crippen LogP contribution >= 0.6 is 0 Å². The zero-order chi connectivity index (χ0) is 15.2. The predicted molar refractivity (Wildman–Crippen MR) is 76.1 cm³/mol. The van der Waals surface area contributed by atoms with Crippen molar-refractivity contribution in [2.24, 2.45) is 7.05 Å². The van der Waals surface area contributed by atoms with Crippen LogP contribution in [0.25, 0.3) is 0 Å². The minimum absolute atomic E-state index is 0.0252. The van der Waals surface area contributed by atoms with Crippen molar-refractivity contribution in [3.8, 4) is 0 Å². The van der Waals surface area contributed by atoms with E-state index in [0.717, 1.165) is 18.3 Å². The summed E-state index contributed by atoms with van der Waals surface area (Å²) in [5.74, 6) is -0.557. The first-order valence-corrected chi connectivity index (χ1v) is 6.78. The quantitative estimate of drug-likeness (QED) is 0.817. The van der Waals surface area contributed by atoms with E-state index in [2.05, 4.69) is 25.8 Å². The SMILES string of the molecule is CCCNc1nc(NCCc2nncn2C)c(F)cc1F. The van der Waals surface area contributed by atoms with Gasteiger partial charge in [0.1, 0.15) is 12.2 Å². The summed E-state index contributed by atoms with van der Waals surface area (Å²) in [4.78, 5) is 3.94. The molecular weight excluding hydrogens is 278 g/mol. The minimum Gasteiger partial charge on any atom is -0.368 e. The number of pyridine rings is 1. The van der Waals surface area contributed by atoms with Gasteiger partial charge in [0.2, 0.25) is 0 Å². The number of anilines is 2. The van der Waals surface area contributed by atoms with E-state index in [-0.39, 0.29) is 11.6 Å². The fourth-order valence-electron chi connectivity index (χ4n) is 1.78. The molecule has 0 saturated heterocycles. The molecule has 0 aromatic carbocycles. The van der Waals surface area contributed by atoms with Crippen molar-refractivity contribution in [3.63, 3.8) is 0 Å². The van der Waals surface area contributed by atoms with Gasteiger partial charge in [-0.25, -0.2) is 13.8 Å². The van der Waals surface area contributed by atoms with Crippen molar-refractivity contribution in [2.45, 2.75) is 19.8 Å². The number of hydrogen-bond donors (Lipinski definition) is 2. The van der Waals surface area contributed by atoms with E-state index in [0.29, 0.717) is 19.5 Å². The first-order valence-electron chi connectivity index (χ1n) is 6.78. The Kier molecular flexibility index (Phi) is 5.02. The van der Waals surface area contributed by atoms with Gasteiger partial charge in [0, 0.05) is 32.6 Å². The van der Waals surface area contributed by atoms with Gasteiger partial charge in [-0.15, -0.1) is 10.2 Å². The topological polar surface area (TPSA) is 67.7 Å². The summed E-state index contributed by atoms with van der Waals surface area (Å²) in [7, 11) is 1.83. The molecular formula is C13H18F2N6. The lowest BCUT2D eigenvalue weighted by Crippen LogP contribution is -2.13. The molecule has 0 amide bonds. The van der Waals surface area contributed by atoms with Crippen LogP contribution < -0.4 is 10.6 Å². The maximum Gasteiger partial charge on any atom is 0.168 e. The average Bonchev–Trinajstić information content (AvgIpc) is 2.85. The van der Waals surface area contributed by atoms with Crippen LogP contribution in [0.2, 0.25) is 0 Å². The van der Waals surface area contributed by atoms with E-state index in [4.69, 9.17) is 0 Å². The van der Waals surface area contributed by atoms with Crippen LogP contribution in [-0.4, -0.2) is 32.8 Å². The van der Waals surface area contributed by atoms with Gasteiger partial charge in [0.15, 0.2) is 23.3 Å². The van der Waals surface area contributed by atoms with Gasteiger partial charge < -0.3 is 15.2 Å². The van der Waals surface area contributed by atoms with Crippen molar-refractivity contribution in [3.05, 3.63) is 29.9 Å². The highest BCUT2D eigenvalue weighted by molar-refractivity contribution is 5.47. The van der Waals surface area contributed by atoms with Crippen molar-refractivity contribution in [1.29, 1.82) is 0 Å². The van der Waals surface area contributed by atoms with Gasteiger partial charge >= 0.3 is 0 Å². The van der Waals surface area contributed by atoms with E-state index in [1.54, 1.807) is 10.9 Å². The number of rotatable bonds is 7. The van der Waals surface area contributed by atoms with Crippen LogP contribution in [0.15, 0.2) is 12.4 Å². The predicted octanol–water partition coefficient (Wildman–Crippen LogP) is 1.96. The largest absolute Gasteiger partial charge is 0.368 e. The van der Waals surface area contributed by atoms with Crippen molar-refractivity contribution >= 4 is 11.6 Å². The van der Waals surface area contributed by atoms with Crippen LogP contribution in [0.5, 0.6) is 0 Å². The fraction of sp³-hybridized carbons (Fsp3) is 0.462. The summed E-state index contributed by atoms with van der Waals surface area (Å²) in [6.45, 7) is 2.96. The average molecular weight is 296 g/mol. The van der Waals surface area contributed by atoms with Crippen LogP contribution in [0.4, 0.5) is 20.4 Å². The van der Waals surface area contributed by atoms with E-state index in [9.17, 15) is 8.78 Å². The number of nitrogens with one attached hydrogen (secondary N) is 2. The van der Waals surface area contributed by atoms with Crippen LogP contribution in [0.1, 0.15) is 19.2 Å². The second-order valence-corrected chi connectivity index (χ2v) is 4.61. The molecule has 0 fully saturated rings. The van der Waals surface area contributed by atoms with Gasteiger partial charge in [-0.1, -0.05) is 6.92 Å². The lowest BCUT2D eigenvalue weighted by molar-refractivity contribution is 0.577. The zero-order valence-electron chi connectivity index (χ0n) is 12.0.